The van der Waals surface area contributed by atoms with Crippen molar-refractivity contribution in [1.29, 1.82) is 0 Å². The molecule has 0 bridgehead atoms. The Morgan fingerprint density at radius 1 is 0.923 bits per heavy atom. The zero-order valence-electron chi connectivity index (χ0n) is 13.1. The molecule has 2 aromatic heterocycles. The van der Waals surface area contributed by atoms with Crippen LogP contribution < -0.4 is 5.32 Å². The number of hydrogen-bond donors (Lipinski definition) is 1. The maximum Gasteiger partial charge on any atom is 0.163 e. The van der Waals surface area contributed by atoms with E-state index in [-0.39, 0.29) is 5.02 Å². The lowest BCUT2D eigenvalue weighted by Gasteiger charge is -2.11. The number of rotatable bonds is 3. The topological polar surface area (TPSA) is 63.6 Å². The van der Waals surface area contributed by atoms with E-state index in [0.29, 0.717) is 33.4 Å². The summed E-state index contributed by atoms with van der Waals surface area (Å²) in [5.74, 6) is 0.520. The molecule has 0 aliphatic heterocycles. The van der Waals surface area contributed by atoms with Crippen LogP contribution in [-0.2, 0) is 0 Å². The van der Waals surface area contributed by atoms with E-state index in [9.17, 15) is 4.39 Å². The molecule has 0 unspecified atom stereocenters. The van der Waals surface area contributed by atoms with Crippen LogP contribution in [-0.4, -0.2) is 20.2 Å². The Bertz CT molecular complexity index is 1110. The first-order chi connectivity index (χ1) is 12.6. The average molecular weight is 386 g/mol. The first-order valence-electron chi connectivity index (χ1n) is 7.56. The van der Waals surface area contributed by atoms with Gasteiger partial charge in [-0.15, -0.1) is 0 Å². The van der Waals surface area contributed by atoms with Gasteiger partial charge in [0, 0.05) is 21.7 Å². The molecule has 2 aromatic carbocycles. The third-order valence-corrected chi connectivity index (χ3v) is 4.21. The first-order valence-corrected chi connectivity index (χ1v) is 8.32. The fourth-order valence-electron chi connectivity index (χ4n) is 2.46. The van der Waals surface area contributed by atoms with Crippen molar-refractivity contribution < 1.29 is 4.39 Å². The van der Waals surface area contributed by atoms with Crippen molar-refractivity contribution in [3.05, 3.63) is 70.7 Å². The van der Waals surface area contributed by atoms with Crippen LogP contribution in [0, 0.1) is 5.82 Å². The van der Waals surface area contributed by atoms with Crippen LogP contribution >= 0.6 is 23.2 Å². The van der Waals surface area contributed by atoms with Crippen molar-refractivity contribution in [2.24, 2.45) is 0 Å². The molecule has 0 saturated carbocycles. The second kappa shape index (κ2) is 6.82. The molecule has 4 aromatic rings. The maximum absolute atomic E-state index is 13.4. The molecule has 128 valence electrons. The number of nitrogens with one attached hydrogen (secondary N) is 1. The van der Waals surface area contributed by atoms with E-state index in [2.05, 4.69) is 25.5 Å². The fraction of sp³-hybridized carbons (Fsp3) is 0. The van der Waals surface area contributed by atoms with E-state index in [1.165, 1.54) is 12.1 Å². The minimum Gasteiger partial charge on any atom is -0.340 e. The molecule has 8 heteroatoms. The maximum atomic E-state index is 13.4. The van der Waals surface area contributed by atoms with Gasteiger partial charge in [0.15, 0.2) is 5.82 Å². The van der Waals surface area contributed by atoms with E-state index in [1.807, 2.05) is 6.07 Å². The van der Waals surface area contributed by atoms with Gasteiger partial charge >= 0.3 is 0 Å². The molecule has 26 heavy (non-hydrogen) atoms. The Labute approximate surface area is 157 Å². The number of halogens is 3. The van der Waals surface area contributed by atoms with Gasteiger partial charge in [0.25, 0.3) is 0 Å². The van der Waals surface area contributed by atoms with Crippen molar-refractivity contribution in [2.75, 3.05) is 5.32 Å². The zero-order chi connectivity index (χ0) is 18.1. The van der Waals surface area contributed by atoms with Gasteiger partial charge in [-0.25, -0.2) is 14.4 Å². The van der Waals surface area contributed by atoms with Crippen LogP contribution in [0.5, 0.6) is 0 Å². The van der Waals surface area contributed by atoms with E-state index in [0.717, 1.165) is 5.39 Å². The number of fused-ring (bicyclic) bond motifs is 1. The smallest absolute Gasteiger partial charge is 0.163 e. The summed E-state index contributed by atoms with van der Waals surface area (Å²) in [5, 5.41) is 12.1. The third kappa shape index (κ3) is 3.29. The molecular weight excluding hydrogens is 376 g/mol. The van der Waals surface area contributed by atoms with Gasteiger partial charge in [0.2, 0.25) is 0 Å². The summed E-state index contributed by atoms with van der Waals surface area (Å²) in [7, 11) is 0. The second-order valence-corrected chi connectivity index (χ2v) is 6.29. The number of anilines is 2. The van der Waals surface area contributed by atoms with E-state index < -0.39 is 5.82 Å². The van der Waals surface area contributed by atoms with E-state index in [1.54, 1.807) is 36.7 Å². The SMILES string of the molecule is Fc1ccc(Nc2nc(-c3ccnnc3)nc3cc(Cl)ccc23)cc1Cl. The van der Waals surface area contributed by atoms with Crippen molar-refractivity contribution >= 4 is 45.6 Å². The van der Waals surface area contributed by atoms with Gasteiger partial charge in [0.1, 0.15) is 11.6 Å². The molecule has 0 spiro atoms. The van der Waals surface area contributed by atoms with E-state index >= 15 is 0 Å². The predicted molar refractivity (Wildman–Crippen MR) is 100 cm³/mol. The van der Waals surface area contributed by atoms with Crippen LogP contribution in [0.15, 0.2) is 54.9 Å². The van der Waals surface area contributed by atoms with Gasteiger partial charge in [-0.3, -0.25) is 0 Å². The van der Waals surface area contributed by atoms with Crippen LogP contribution in [0.2, 0.25) is 10.0 Å². The standard InChI is InChI=1S/C18H10Cl2FN5/c19-11-1-3-13-16(7-11)25-17(10-5-6-22-23-9-10)26-18(13)24-12-2-4-15(21)14(20)8-12/h1-9H,(H,24,25,26). The quantitative estimate of drug-likeness (QED) is 0.519. The number of aromatic nitrogens is 4. The number of hydrogen-bond acceptors (Lipinski definition) is 5. The molecular formula is C18H10Cl2FN5. The molecule has 0 radical (unpaired) electrons. The summed E-state index contributed by atoms with van der Waals surface area (Å²) in [6.45, 7) is 0. The normalized spacial score (nSPS) is 10.9. The predicted octanol–water partition coefficient (Wildman–Crippen LogP) is 5.28. The summed E-state index contributed by atoms with van der Waals surface area (Å²) in [5.41, 5.74) is 1.97. The minimum absolute atomic E-state index is 0.0231. The first kappa shape index (κ1) is 16.6. The molecule has 0 amide bonds. The molecule has 0 atom stereocenters. The van der Waals surface area contributed by atoms with Crippen LogP contribution in [0.3, 0.4) is 0 Å². The minimum atomic E-state index is -0.486. The van der Waals surface area contributed by atoms with Crippen molar-refractivity contribution in [3.63, 3.8) is 0 Å². The summed E-state index contributed by atoms with van der Waals surface area (Å²) in [6, 6.07) is 11.5. The summed E-state index contributed by atoms with van der Waals surface area (Å²) in [4.78, 5) is 9.13. The van der Waals surface area contributed by atoms with Gasteiger partial charge in [-0.1, -0.05) is 23.2 Å². The van der Waals surface area contributed by atoms with Crippen molar-refractivity contribution in [2.45, 2.75) is 0 Å². The molecule has 0 fully saturated rings. The molecule has 1 N–H and O–H groups in total. The molecule has 0 aliphatic rings. The lowest BCUT2D eigenvalue weighted by molar-refractivity contribution is 0.628. The molecule has 4 rings (SSSR count). The lowest BCUT2D eigenvalue weighted by atomic mass is 10.2. The lowest BCUT2D eigenvalue weighted by Crippen LogP contribution is -2.00. The molecule has 2 heterocycles. The van der Waals surface area contributed by atoms with Crippen molar-refractivity contribution in [1.82, 2.24) is 20.2 Å². The van der Waals surface area contributed by atoms with Crippen molar-refractivity contribution in [3.8, 4) is 11.4 Å². The van der Waals surface area contributed by atoms with Gasteiger partial charge in [-0.05, 0) is 42.5 Å². The van der Waals surface area contributed by atoms with Gasteiger partial charge in [0.05, 0.1) is 22.9 Å². The summed E-state index contributed by atoms with van der Waals surface area (Å²) < 4.78 is 13.4. The monoisotopic (exact) mass is 385 g/mol. The second-order valence-electron chi connectivity index (χ2n) is 5.44. The Kier molecular flexibility index (Phi) is 4.36. The summed E-state index contributed by atoms with van der Waals surface area (Å²) in [6.07, 6.45) is 3.14. The van der Waals surface area contributed by atoms with Crippen LogP contribution in [0.4, 0.5) is 15.9 Å². The Balaban J connectivity index is 1.87. The van der Waals surface area contributed by atoms with Crippen LogP contribution in [0.25, 0.3) is 22.3 Å². The summed E-state index contributed by atoms with van der Waals surface area (Å²) >= 11 is 12.0. The third-order valence-electron chi connectivity index (χ3n) is 3.68. The highest BCUT2D eigenvalue weighted by Gasteiger charge is 2.11. The highest BCUT2D eigenvalue weighted by Crippen LogP contribution is 2.30. The Hall–Kier alpha value is -2.83. The van der Waals surface area contributed by atoms with E-state index in [4.69, 9.17) is 23.2 Å². The Morgan fingerprint density at radius 3 is 2.58 bits per heavy atom. The highest BCUT2D eigenvalue weighted by atomic mass is 35.5. The van der Waals surface area contributed by atoms with Gasteiger partial charge < -0.3 is 5.32 Å². The number of benzene rings is 2. The average Bonchev–Trinajstić information content (AvgIpc) is 2.65. The fourth-order valence-corrected chi connectivity index (χ4v) is 2.81. The molecule has 5 nitrogen and oxygen atoms in total. The van der Waals surface area contributed by atoms with Gasteiger partial charge in [-0.2, -0.15) is 10.2 Å². The molecule has 0 saturated heterocycles. The van der Waals surface area contributed by atoms with Crippen LogP contribution in [0.1, 0.15) is 0 Å². The Morgan fingerprint density at radius 2 is 1.81 bits per heavy atom. The molecule has 0 aliphatic carbocycles. The zero-order valence-corrected chi connectivity index (χ0v) is 14.6. The number of nitrogens with zero attached hydrogens (tertiary/aromatic N) is 4. The largest absolute Gasteiger partial charge is 0.340 e. The highest BCUT2D eigenvalue weighted by molar-refractivity contribution is 6.31.